The highest BCUT2D eigenvalue weighted by Gasteiger charge is 2.24. The zero-order valence-electron chi connectivity index (χ0n) is 15.6. The van der Waals surface area contributed by atoms with Gasteiger partial charge in [-0.3, -0.25) is 0 Å². The molecule has 4 heteroatoms. The van der Waals surface area contributed by atoms with Crippen LogP contribution >= 0.6 is 0 Å². The molecule has 2 heterocycles. The summed E-state index contributed by atoms with van der Waals surface area (Å²) in [6, 6.07) is 20.3. The Morgan fingerprint density at radius 3 is 2.56 bits per heavy atom. The largest absolute Gasteiger partial charge is 0.331 e. The summed E-state index contributed by atoms with van der Waals surface area (Å²) >= 11 is 0. The fourth-order valence-electron chi connectivity index (χ4n) is 3.46. The first-order chi connectivity index (χ1) is 13.1. The van der Waals surface area contributed by atoms with Gasteiger partial charge in [0.05, 0.1) is 29.6 Å². The second kappa shape index (κ2) is 6.62. The van der Waals surface area contributed by atoms with Crippen LogP contribution in [0.3, 0.4) is 0 Å². The Bertz CT molecular complexity index is 1220. The molecule has 0 fully saturated rings. The number of nitrogens with zero attached hydrogens (tertiary/aromatic N) is 4. The van der Waals surface area contributed by atoms with E-state index in [1.807, 2.05) is 60.3 Å². The monoisotopic (exact) mass is 352 g/mol. The van der Waals surface area contributed by atoms with E-state index in [0.717, 1.165) is 39.2 Å². The van der Waals surface area contributed by atoms with Crippen LogP contribution in [0.1, 0.15) is 16.8 Å². The molecule has 0 aliphatic heterocycles. The van der Waals surface area contributed by atoms with E-state index in [1.54, 1.807) is 0 Å². The van der Waals surface area contributed by atoms with Crippen molar-refractivity contribution in [1.82, 2.24) is 4.98 Å². The highest BCUT2D eigenvalue weighted by molar-refractivity contribution is 5.78. The van der Waals surface area contributed by atoms with Gasteiger partial charge in [0.1, 0.15) is 6.20 Å². The first-order valence-electron chi connectivity index (χ1n) is 8.86. The lowest BCUT2D eigenvalue weighted by atomic mass is 10.0. The van der Waals surface area contributed by atoms with Gasteiger partial charge in [0.25, 0.3) is 0 Å². The molecule has 0 saturated heterocycles. The number of aromatic nitrogens is 3. The second-order valence-electron chi connectivity index (χ2n) is 6.73. The molecule has 0 unspecified atom stereocenters. The summed E-state index contributed by atoms with van der Waals surface area (Å²) in [5.41, 5.74) is 5.73. The van der Waals surface area contributed by atoms with Crippen molar-refractivity contribution in [3.8, 4) is 23.1 Å². The van der Waals surface area contributed by atoms with Gasteiger partial charge in [0.2, 0.25) is 5.69 Å². The van der Waals surface area contributed by atoms with Crippen LogP contribution in [-0.4, -0.2) is 4.98 Å². The Balaban J connectivity index is 2.02. The van der Waals surface area contributed by atoms with E-state index < -0.39 is 0 Å². The van der Waals surface area contributed by atoms with Crippen molar-refractivity contribution >= 4 is 10.9 Å². The zero-order chi connectivity index (χ0) is 19.0. The van der Waals surface area contributed by atoms with Crippen molar-refractivity contribution in [2.45, 2.75) is 13.8 Å². The predicted molar refractivity (Wildman–Crippen MR) is 104 cm³/mol. The third-order valence-corrected chi connectivity index (χ3v) is 4.90. The van der Waals surface area contributed by atoms with Gasteiger partial charge in [0, 0.05) is 30.7 Å². The fourth-order valence-corrected chi connectivity index (χ4v) is 3.46. The van der Waals surface area contributed by atoms with E-state index in [-0.39, 0.29) is 0 Å². The maximum absolute atomic E-state index is 9.60. The number of hydrogen-bond acceptors (Lipinski definition) is 2. The summed E-state index contributed by atoms with van der Waals surface area (Å²) in [5.74, 6) is 0.846. The molecule has 0 radical (unpaired) electrons. The van der Waals surface area contributed by atoms with Crippen molar-refractivity contribution in [3.63, 3.8) is 0 Å². The third-order valence-electron chi connectivity index (χ3n) is 4.90. The third kappa shape index (κ3) is 2.94. The number of aryl methyl sites for hydroxylation is 2. The highest BCUT2D eigenvalue weighted by atomic mass is 15.0. The minimum Gasteiger partial charge on any atom is -0.232 e. The van der Waals surface area contributed by atoms with E-state index in [9.17, 15) is 5.26 Å². The molecule has 0 atom stereocenters. The SMILES string of the molecule is Cc1c(-c2nc3ccccc3c[n+]2C)cc(C#N)cc1-[n+]1ccccc1C. The average molecular weight is 352 g/mol. The molecule has 4 nitrogen and oxygen atoms in total. The molecule has 4 rings (SSSR count). The van der Waals surface area contributed by atoms with Gasteiger partial charge in [0.15, 0.2) is 17.4 Å². The Morgan fingerprint density at radius 2 is 1.78 bits per heavy atom. The van der Waals surface area contributed by atoms with Crippen molar-refractivity contribution in [2.75, 3.05) is 0 Å². The molecular weight excluding hydrogens is 332 g/mol. The lowest BCUT2D eigenvalue weighted by Gasteiger charge is -2.08. The molecular formula is C23H20N4+2. The Morgan fingerprint density at radius 1 is 1.00 bits per heavy atom. The smallest absolute Gasteiger partial charge is 0.232 e. The number of para-hydroxylation sites is 1. The normalized spacial score (nSPS) is 10.7. The Hall–Kier alpha value is -3.58. The fraction of sp³-hybridized carbons (Fsp3) is 0.130. The first-order valence-corrected chi connectivity index (χ1v) is 8.86. The van der Waals surface area contributed by atoms with Crippen LogP contribution in [0.15, 0.2) is 67.0 Å². The van der Waals surface area contributed by atoms with Crippen LogP contribution in [0.5, 0.6) is 0 Å². The minimum atomic E-state index is 0.622. The molecule has 0 N–H and O–H groups in total. The second-order valence-corrected chi connectivity index (χ2v) is 6.73. The molecule has 4 aromatic rings. The molecule has 2 aromatic carbocycles. The van der Waals surface area contributed by atoms with Crippen LogP contribution in [0.2, 0.25) is 0 Å². The van der Waals surface area contributed by atoms with Crippen LogP contribution in [-0.2, 0) is 7.05 Å². The van der Waals surface area contributed by atoms with E-state index >= 15 is 0 Å². The number of rotatable bonds is 2. The van der Waals surface area contributed by atoms with Gasteiger partial charge in [-0.25, -0.2) is 4.57 Å². The molecule has 0 bridgehead atoms. The lowest BCUT2D eigenvalue weighted by Crippen LogP contribution is -2.36. The molecule has 0 aliphatic carbocycles. The summed E-state index contributed by atoms with van der Waals surface area (Å²) in [5, 5.41) is 10.7. The predicted octanol–water partition coefficient (Wildman–Crippen LogP) is 3.49. The number of pyridine rings is 1. The van der Waals surface area contributed by atoms with Gasteiger partial charge < -0.3 is 0 Å². The molecule has 0 aliphatic rings. The topological polar surface area (TPSA) is 44.4 Å². The van der Waals surface area contributed by atoms with E-state index in [0.29, 0.717) is 5.56 Å². The van der Waals surface area contributed by atoms with Crippen molar-refractivity contribution in [1.29, 1.82) is 5.26 Å². The molecule has 27 heavy (non-hydrogen) atoms. The Labute approximate surface area is 158 Å². The minimum absolute atomic E-state index is 0.622. The van der Waals surface area contributed by atoms with Crippen molar-refractivity contribution in [2.24, 2.45) is 7.05 Å². The van der Waals surface area contributed by atoms with E-state index in [1.165, 1.54) is 0 Å². The van der Waals surface area contributed by atoms with E-state index in [4.69, 9.17) is 4.98 Å². The van der Waals surface area contributed by atoms with E-state index in [2.05, 4.69) is 42.8 Å². The van der Waals surface area contributed by atoms with Crippen molar-refractivity contribution < 1.29 is 9.13 Å². The summed E-state index contributed by atoms with van der Waals surface area (Å²) in [6.45, 7) is 4.15. The maximum atomic E-state index is 9.60. The quantitative estimate of drug-likeness (QED) is 0.518. The number of benzene rings is 2. The summed E-state index contributed by atoms with van der Waals surface area (Å²) in [4.78, 5) is 4.88. The van der Waals surface area contributed by atoms with Gasteiger partial charge in [-0.15, -0.1) is 0 Å². The molecule has 0 spiro atoms. The highest BCUT2D eigenvalue weighted by Crippen LogP contribution is 2.25. The average Bonchev–Trinajstić information content (AvgIpc) is 2.68. The number of hydrogen-bond donors (Lipinski definition) is 0. The zero-order valence-corrected chi connectivity index (χ0v) is 15.6. The van der Waals surface area contributed by atoms with Crippen LogP contribution in [0.4, 0.5) is 0 Å². The van der Waals surface area contributed by atoms with Gasteiger partial charge >= 0.3 is 5.82 Å². The number of fused-ring (bicyclic) bond motifs is 1. The number of nitriles is 1. The van der Waals surface area contributed by atoms with Crippen LogP contribution in [0.25, 0.3) is 28.0 Å². The Kier molecular flexibility index (Phi) is 4.13. The summed E-state index contributed by atoms with van der Waals surface area (Å²) in [7, 11) is 1.99. The molecule has 2 aromatic heterocycles. The first kappa shape index (κ1) is 16.9. The van der Waals surface area contributed by atoms with Gasteiger partial charge in [-0.2, -0.15) is 9.83 Å². The molecule has 0 amide bonds. The van der Waals surface area contributed by atoms with Gasteiger partial charge in [-0.05, 0) is 30.1 Å². The molecule has 130 valence electrons. The summed E-state index contributed by atoms with van der Waals surface area (Å²) in [6.07, 6.45) is 4.10. The van der Waals surface area contributed by atoms with Crippen LogP contribution < -0.4 is 9.13 Å². The summed E-state index contributed by atoms with van der Waals surface area (Å²) < 4.78 is 4.14. The standard InChI is InChI=1S/C23H20N4/c1-16-8-6-7-11-27(16)22-13-18(14-24)12-20(17(22)2)23-25-21-10-5-4-9-19(21)15-26(23)3/h4-13,15H,1-3H3/q+2. The molecule has 0 saturated carbocycles. The van der Waals surface area contributed by atoms with Gasteiger partial charge in [-0.1, -0.05) is 18.2 Å². The maximum Gasteiger partial charge on any atom is 0.331 e. The lowest BCUT2D eigenvalue weighted by molar-refractivity contribution is -0.661. The van der Waals surface area contributed by atoms with Crippen LogP contribution in [0, 0.1) is 25.2 Å². The van der Waals surface area contributed by atoms with Crippen molar-refractivity contribution in [3.05, 3.63) is 83.8 Å².